The molecule has 0 aliphatic rings. The summed E-state index contributed by atoms with van der Waals surface area (Å²) in [5.41, 5.74) is 0. The molecule has 0 amide bonds. The third-order valence-corrected chi connectivity index (χ3v) is 3.73. The van der Waals surface area contributed by atoms with Gasteiger partial charge in [-0.2, -0.15) is 5.26 Å². The van der Waals surface area contributed by atoms with Crippen molar-refractivity contribution in [1.82, 2.24) is 14.9 Å². The number of aromatic nitrogens is 2. The minimum Gasteiger partial charge on any atom is -0.336 e. The number of hydrogen-bond acceptors (Lipinski definition) is 4. The minimum atomic E-state index is -0.00673. The van der Waals surface area contributed by atoms with Gasteiger partial charge in [0.25, 0.3) is 0 Å². The van der Waals surface area contributed by atoms with E-state index in [1.165, 1.54) is 4.88 Å². The van der Waals surface area contributed by atoms with Gasteiger partial charge in [0, 0.05) is 30.9 Å². The standard InChI is InChI=1S/C13H16N4S/c1-10(8-14)9-16-12(11-4-3-7-18-11)13-15-5-6-17(13)2/h3-7,10,12,16H,9H2,1-2H3. The van der Waals surface area contributed by atoms with Gasteiger partial charge >= 0.3 is 0 Å². The van der Waals surface area contributed by atoms with Gasteiger partial charge in [0.1, 0.15) is 11.9 Å². The van der Waals surface area contributed by atoms with Gasteiger partial charge in [0.15, 0.2) is 0 Å². The first kappa shape index (κ1) is 12.8. The highest BCUT2D eigenvalue weighted by Gasteiger charge is 2.19. The quantitative estimate of drug-likeness (QED) is 0.897. The Morgan fingerprint density at radius 2 is 2.44 bits per heavy atom. The van der Waals surface area contributed by atoms with Crippen LogP contribution in [0.1, 0.15) is 23.7 Å². The van der Waals surface area contributed by atoms with Gasteiger partial charge in [0.2, 0.25) is 0 Å². The van der Waals surface area contributed by atoms with Crippen molar-refractivity contribution in [2.75, 3.05) is 6.54 Å². The fourth-order valence-electron chi connectivity index (χ4n) is 1.77. The van der Waals surface area contributed by atoms with Crippen molar-refractivity contribution in [3.63, 3.8) is 0 Å². The number of rotatable bonds is 5. The Bertz CT molecular complexity index is 523. The van der Waals surface area contributed by atoms with Crippen LogP contribution >= 0.6 is 11.3 Å². The van der Waals surface area contributed by atoms with Crippen molar-refractivity contribution in [1.29, 1.82) is 5.26 Å². The van der Waals surface area contributed by atoms with Gasteiger partial charge in [-0.25, -0.2) is 4.98 Å². The number of nitrogens with one attached hydrogen (secondary N) is 1. The predicted octanol–water partition coefficient (Wildman–Crippen LogP) is 2.32. The first-order valence-corrected chi connectivity index (χ1v) is 6.74. The fraction of sp³-hybridized carbons (Fsp3) is 0.385. The number of aryl methyl sites for hydroxylation is 1. The van der Waals surface area contributed by atoms with Gasteiger partial charge in [-0.15, -0.1) is 11.3 Å². The second-order valence-electron chi connectivity index (χ2n) is 4.28. The van der Waals surface area contributed by atoms with Crippen LogP contribution in [0.4, 0.5) is 0 Å². The van der Waals surface area contributed by atoms with E-state index in [-0.39, 0.29) is 12.0 Å². The van der Waals surface area contributed by atoms with Crippen molar-refractivity contribution in [2.45, 2.75) is 13.0 Å². The first-order valence-electron chi connectivity index (χ1n) is 5.86. The lowest BCUT2D eigenvalue weighted by Crippen LogP contribution is -2.28. The molecule has 94 valence electrons. The smallest absolute Gasteiger partial charge is 0.131 e. The van der Waals surface area contributed by atoms with Crippen LogP contribution < -0.4 is 5.32 Å². The van der Waals surface area contributed by atoms with E-state index in [0.717, 1.165) is 5.82 Å². The lowest BCUT2D eigenvalue weighted by atomic mass is 10.1. The van der Waals surface area contributed by atoms with Crippen LogP contribution in [0.25, 0.3) is 0 Å². The third kappa shape index (κ3) is 2.78. The maximum absolute atomic E-state index is 8.86. The molecule has 0 aromatic carbocycles. The number of nitrogens with zero attached hydrogens (tertiary/aromatic N) is 3. The highest BCUT2D eigenvalue weighted by Crippen LogP contribution is 2.24. The fourth-order valence-corrected chi connectivity index (χ4v) is 2.57. The van der Waals surface area contributed by atoms with E-state index in [0.29, 0.717) is 6.54 Å². The maximum Gasteiger partial charge on any atom is 0.131 e. The first-order chi connectivity index (χ1) is 8.72. The topological polar surface area (TPSA) is 53.6 Å². The molecule has 2 heterocycles. The SMILES string of the molecule is CC(C#N)CNC(c1cccs1)c1nccn1C. The molecule has 18 heavy (non-hydrogen) atoms. The van der Waals surface area contributed by atoms with Crippen molar-refractivity contribution < 1.29 is 0 Å². The molecule has 0 saturated carbocycles. The molecule has 1 N–H and O–H groups in total. The molecule has 0 spiro atoms. The van der Waals surface area contributed by atoms with Gasteiger partial charge in [0.05, 0.1) is 12.0 Å². The predicted molar refractivity (Wildman–Crippen MR) is 72.1 cm³/mol. The Kier molecular flexibility index (Phi) is 4.13. The van der Waals surface area contributed by atoms with Crippen molar-refractivity contribution in [3.05, 3.63) is 40.6 Å². The zero-order valence-electron chi connectivity index (χ0n) is 10.5. The lowest BCUT2D eigenvalue weighted by Gasteiger charge is -2.18. The number of thiophene rings is 1. The average molecular weight is 260 g/mol. The summed E-state index contributed by atoms with van der Waals surface area (Å²) in [4.78, 5) is 5.62. The van der Waals surface area contributed by atoms with Gasteiger partial charge in [-0.3, -0.25) is 0 Å². The average Bonchev–Trinajstić information content (AvgIpc) is 3.02. The molecule has 2 aromatic heterocycles. The summed E-state index contributed by atoms with van der Waals surface area (Å²) < 4.78 is 2.01. The van der Waals surface area contributed by atoms with E-state index >= 15 is 0 Å². The van der Waals surface area contributed by atoms with Crippen LogP contribution in [0.5, 0.6) is 0 Å². The van der Waals surface area contributed by atoms with Gasteiger partial charge in [-0.05, 0) is 18.4 Å². The van der Waals surface area contributed by atoms with E-state index in [9.17, 15) is 0 Å². The second-order valence-corrected chi connectivity index (χ2v) is 5.26. The van der Waals surface area contributed by atoms with Gasteiger partial charge < -0.3 is 9.88 Å². The molecule has 5 heteroatoms. The van der Waals surface area contributed by atoms with E-state index in [2.05, 4.69) is 27.8 Å². The highest BCUT2D eigenvalue weighted by atomic mass is 32.1. The molecule has 2 unspecified atom stereocenters. The molecule has 0 fully saturated rings. The molecule has 0 radical (unpaired) electrons. The molecule has 2 aromatic rings. The number of nitriles is 1. The highest BCUT2D eigenvalue weighted by molar-refractivity contribution is 7.10. The summed E-state index contributed by atoms with van der Waals surface area (Å²) >= 11 is 1.70. The molecule has 0 saturated heterocycles. The second kappa shape index (κ2) is 5.80. The van der Waals surface area contributed by atoms with Crippen molar-refractivity contribution >= 4 is 11.3 Å². The third-order valence-electron chi connectivity index (χ3n) is 2.79. The Labute approximate surface area is 111 Å². The number of hydrogen-bond donors (Lipinski definition) is 1. The molecule has 0 aliphatic carbocycles. The molecular weight excluding hydrogens is 244 g/mol. The van der Waals surface area contributed by atoms with Crippen LogP contribution in [0.15, 0.2) is 29.9 Å². The van der Waals surface area contributed by atoms with Crippen molar-refractivity contribution in [2.24, 2.45) is 13.0 Å². The Hall–Kier alpha value is -1.64. The van der Waals surface area contributed by atoms with Crippen LogP contribution in [-0.4, -0.2) is 16.1 Å². The minimum absolute atomic E-state index is 0.00673. The zero-order chi connectivity index (χ0) is 13.0. The summed E-state index contributed by atoms with van der Waals surface area (Å²) in [6.07, 6.45) is 3.73. The zero-order valence-corrected chi connectivity index (χ0v) is 11.3. The Morgan fingerprint density at radius 1 is 1.61 bits per heavy atom. The van der Waals surface area contributed by atoms with Crippen LogP contribution in [0, 0.1) is 17.2 Å². The van der Waals surface area contributed by atoms with E-state index in [4.69, 9.17) is 5.26 Å². The number of imidazole rings is 1. The summed E-state index contributed by atoms with van der Waals surface area (Å²) in [6.45, 7) is 2.57. The molecule has 0 aliphatic heterocycles. The largest absolute Gasteiger partial charge is 0.336 e. The van der Waals surface area contributed by atoms with Crippen LogP contribution in [-0.2, 0) is 7.05 Å². The van der Waals surface area contributed by atoms with E-state index in [1.54, 1.807) is 17.5 Å². The van der Waals surface area contributed by atoms with E-state index in [1.807, 2.05) is 30.8 Å². The van der Waals surface area contributed by atoms with Crippen LogP contribution in [0.2, 0.25) is 0 Å². The summed E-state index contributed by atoms with van der Waals surface area (Å²) in [5, 5.41) is 14.3. The normalized spacial score (nSPS) is 14.1. The monoisotopic (exact) mass is 260 g/mol. The van der Waals surface area contributed by atoms with Gasteiger partial charge in [-0.1, -0.05) is 6.07 Å². The summed E-state index contributed by atoms with van der Waals surface area (Å²) in [7, 11) is 1.98. The van der Waals surface area contributed by atoms with E-state index < -0.39 is 0 Å². The summed E-state index contributed by atoms with van der Waals surface area (Å²) in [6, 6.07) is 6.42. The van der Waals surface area contributed by atoms with Crippen molar-refractivity contribution in [3.8, 4) is 6.07 Å². The molecule has 0 bridgehead atoms. The molecule has 2 atom stereocenters. The molecule has 4 nitrogen and oxygen atoms in total. The Balaban J connectivity index is 2.20. The molecule has 2 rings (SSSR count). The summed E-state index contributed by atoms with van der Waals surface area (Å²) in [5.74, 6) is 0.968. The maximum atomic E-state index is 8.86. The molecular formula is C13H16N4S. The Morgan fingerprint density at radius 3 is 3.00 bits per heavy atom. The van der Waals surface area contributed by atoms with Crippen LogP contribution in [0.3, 0.4) is 0 Å². The lowest BCUT2D eigenvalue weighted by molar-refractivity contribution is 0.525.